The van der Waals surface area contributed by atoms with Crippen molar-refractivity contribution in [1.29, 1.82) is 0 Å². The second-order valence-electron chi connectivity index (χ2n) is 3.22. The Labute approximate surface area is 92.9 Å². The molecule has 0 radical (unpaired) electrons. The van der Waals surface area contributed by atoms with Crippen LogP contribution in [0, 0.1) is 0 Å². The van der Waals surface area contributed by atoms with Crippen molar-refractivity contribution in [2.45, 2.75) is 6.18 Å². The van der Waals surface area contributed by atoms with E-state index in [-0.39, 0.29) is 26.3 Å². The van der Waals surface area contributed by atoms with Crippen molar-refractivity contribution >= 4 is 0 Å². The lowest BCUT2D eigenvalue weighted by molar-refractivity contribution is -0.148. The van der Waals surface area contributed by atoms with Gasteiger partial charge in [-0.2, -0.15) is 13.2 Å². The predicted octanol–water partition coefficient (Wildman–Crippen LogP) is 0.506. The highest BCUT2D eigenvalue weighted by molar-refractivity contribution is 4.62. The second kappa shape index (κ2) is 8.74. The Bertz CT molecular complexity index is 167. The number of halogens is 3. The molecular weight excluding hydrogens is 227 g/mol. The Balaban J connectivity index is 3.68. The highest BCUT2D eigenvalue weighted by Gasteiger charge is 2.30. The van der Waals surface area contributed by atoms with Crippen molar-refractivity contribution in [2.75, 3.05) is 53.2 Å². The number of hydrogen-bond acceptors (Lipinski definition) is 4. The minimum atomic E-state index is -4.25. The number of aliphatic hydroxyl groups is 1. The van der Waals surface area contributed by atoms with Crippen molar-refractivity contribution in [3.8, 4) is 0 Å². The smallest absolute Gasteiger partial charge is 0.395 e. The van der Waals surface area contributed by atoms with Crippen molar-refractivity contribution in [3.63, 3.8) is 0 Å². The first-order valence-corrected chi connectivity index (χ1v) is 4.96. The van der Waals surface area contributed by atoms with Crippen LogP contribution in [0.4, 0.5) is 13.2 Å². The average molecular weight is 245 g/mol. The molecule has 1 N–H and O–H groups in total. The van der Waals surface area contributed by atoms with E-state index in [1.807, 2.05) is 0 Å². The SMILES string of the molecule is COCCOCCN(CCO)CC(F)(F)F. The van der Waals surface area contributed by atoms with E-state index < -0.39 is 12.7 Å². The summed E-state index contributed by atoms with van der Waals surface area (Å²) in [6.45, 7) is -0.222. The van der Waals surface area contributed by atoms with Gasteiger partial charge in [-0.25, -0.2) is 0 Å². The van der Waals surface area contributed by atoms with E-state index in [0.29, 0.717) is 13.2 Å². The third-order valence-corrected chi connectivity index (χ3v) is 1.80. The minimum Gasteiger partial charge on any atom is -0.395 e. The summed E-state index contributed by atoms with van der Waals surface area (Å²) in [5.74, 6) is 0. The number of ether oxygens (including phenoxy) is 2. The molecular formula is C9H18F3NO3. The van der Waals surface area contributed by atoms with Gasteiger partial charge >= 0.3 is 6.18 Å². The topological polar surface area (TPSA) is 41.9 Å². The largest absolute Gasteiger partial charge is 0.401 e. The molecule has 0 saturated heterocycles. The number of aliphatic hydroxyl groups excluding tert-OH is 1. The first kappa shape index (κ1) is 15.6. The molecule has 0 unspecified atom stereocenters. The van der Waals surface area contributed by atoms with Gasteiger partial charge in [-0.05, 0) is 0 Å². The zero-order valence-electron chi connectivity index (χ0n) is 9.29. The van der Waals surface area contributed by atoms with Gasteiger partial charge in [0.25, 0.3) is 0 Å². The van der Waals surface area contributed by atoms with E-state index >= 15 is 0 Å². The number of rotatable bonds is 9. The Morgan fingerprint density at radius 1 is 1.12 bits per heavy atom. The quantitative estimate of drug-likeness (QED) is 0.601. The predicted molar refractivity (Wildman–Crippen MR) is 52.3 cm³/mol. The molecule has 0 aromatic rings. The highest BCUT2D eigenvalue weighted by atomic mass is 19.4. The summed E-state index contributed by atoms with van der Waals surface area (Å²) in [5, 5.41) is 8.60. The zero-order valence-corrected chi connectivity index (χ0v) is 9.29. The van der Waals surface area contributed by atoms with Crippen LogP contribution >= 0.6 is 0 Å². The van der Waals surface area contributed by atoms with Gasteiger partial charge < -0.3 is 14.6 Å². The molecule has 0 fully saturated rings. The Morgan fingerprint density at radius 3 is 2.31 bits per heavy atom. The Kier molecular flexibility index (Phi) is 8.54. The molecule has 0 rings (SSSR count). The summed E-state index contributed by atoms with van der Waals surface area (Å²) in [6.07, 6.45) is -4.25. The summed E-state index contributed by atoms with van der Waals surface area (Å²) in [4.78, 5) is 1.10. The normalized spacial score (nSPS) is 12.4. The number of hydrogen-bond donors (Lipinski definition) is 1. The van der Waals surface area contributed by atoms with Crippen LogP contribution < -0.4 is 0 Å². The molecule has 7 heteroatoms. The Hall–Kier alpha value is -0.370. The lowest BCUT2D eigenvalue weighted by Gasteiger charge is -2.22. The third kappa shape index (κ3) is 10.2. The number of alkyl halides is 3. The maximum Gasteiger partial charge on any atom is 0.401 e. The average Bonchev–Trinajstić information content (AvgIpc) is 2.15. The van der Waals surface area contributed by atoms with Crippen LogP contribution in [0.25, 0.3) is 0 Å². The van der Waals surface area contributed by atoms with Crippen LogP contribution in [0.2, 0.25) is 0 Å². The van der Waals surface area contributed by atoms with E-state index in [4.69, 9.17) is 14.6 Å². The van der Waals surface area contributed by atoms with Gasteiger partial charge in [-0.15, -0.1) is 0 Å². The maximum atomic E-state index is 12.1. The van der Waals surface area contributed by atoms with Crippen molar-refractivity contribution in [3.05, 3.63) is 0 Å². The van der Waals surface area contributed by atoms with E-state index in [9.17, 15) is 13.2 Å². The molecule has 0 heterocycles. The third-order valence-electron chi connectivity index (χ3n) is 1.80. The molecule has 0 saturated carbocycles. The number of nitrogens with zero attached hydrogens (tertiary/aromatic N) is 1. The highest BCUT2D eigenvalue weighted by Crippen LogP contribution is 2.15. The van der Waals surface area contributed by atoms with Gasteiger partial charge in [-0.1, -0.05) is 0 Å². The molecule has 0 amide bonds. The summed E-state index contributed by atoms with van der Waals surface area (Å²) in [5.41, 5.74) is 0. The van der Waals surface area contributed by atoms with Gasteiger partial charge in [0.1, 0.15) is 0 Å². The molecule has 16 heavy (non-hydrogen) atoms. The number of methoxy groups -OCH3 is 1. The van der Waals surface area contributed by atoms with E-state index in [0.717, 1.165) is 4.90 Å². The summed E-state index contributed by atoms with van der Waals surface area (Å²) in [6, 6.07) is 0. The van der Waals surface area contributed by atoms with Gasteiger partial charge in [-0.3, -0.25) is 4.90 Å². The van der Waals surface area contributed by atoms with Crippen molar-refractivity contribution in [1.82, 2.24) is 4.90 Å². The van der Waals surface area contributed by atoms with Crippen LogP contribution in [-0.2, 0) is 9.47 Å². The molecule has 98 valence electrons. The Morgan fingerprint density at radius 2 is 1.81 bits per heavy atom. The lowest BCUT2D eigenvalue weighted by Crippen LogP contribution is -2.38. The van der Waals surface area contributed by atoms with Crippen molar-refractivity contribution < 1.29 is 27.8 Å². The summed E-state index contributed by atoms with van der Waals surface area (Å²) < 4.78 is 46.0. The van der Waals surface area contributed by atoms with Crippen LogP contribution in [0.3, 0.4) is 0 Å². The summed E-state index contributed by atoms with van der Waals surface area (Å²) in [7, 11) is 1.52. The lowest BCUT2D eigenvalue weighted by atomic mass is 10.4. The van der Waals surface area contributed by atoms with E-state index in [2.05, 4.69) is 0 Å². The van der Waals surface area contributed by atoms with Gasteiger partial charge in [0, 0.05) is 20.2 Å². The van der Waals surface area contributed by atoms with Gasteiger partial charge in [0.15, 0.2) is 0 Å². The zero-order chi connectivity index (χ0) is 12.4. The standard InChI is InChI=1S/C9H18F3NO3/c1-15-6-7-16-5-3-13(2-4-14)8-9(10,11)12/h14H,2-8H2,1H3. The first-order valence-electron chi connectivity index (χ1n) is 4.96. The molecule has 0 aliphatic rings. The molecule has 0 bridgehead atoms. The van der Waals surface area contributed by atoms with Crippen LogP contribution in [0.15, 0.2) is 0 Å². The van der Waals surface area contributed by atoms with Crippen LogP contribution in [0.5, 0.6) is 0 Å². The van der Waals surface area contributed by atoms with Crippen LogP contribution in [0.1, 0.15) is 0 Å². The second-order valence-corrected chi connectivity index (χ2v) is 3.22. The van der Waals surface area contributed by atoms with Gasteiger partial charge in [0.05, 0.1) is 33.0 Å². The molecule has 0 spiro atoms. The molecule has 0 aromatic carbocycles. The van der Waals surface area contributed by atoms with Crippen LogP contribution in [-0.4, -0.2) is 69.4 Å². The molecule has 0 atom stereocenters. The molecule has 0 aliphatic carbocycles. The molecule has 4 nitrogen and oxygen atoms in total. The minimum absolute atomic E-state index is 0.00680. The van der Waals surface area contributed by atoms with Gasteiger partial charge in [0.2, 0.25) is 0 Å². The molecule has 0 aromatic heterocycles. The molecule has 0 aliphatic heterocycles. The van der Waals surface area contributed by atoms with Crippen molar-refractivity contribution in [2.24, 2.45) is 0 Å². The van der Waals surface area contributed by atoms with E-state index in [1.165, 1.54) is 7.11 Å². The first-order chi connectivity index (χ1) is 7.49. The fourth-order valence-corrected chi connectivity index (χ4v) is 1.10. The summed E-state index contributed by atoms with van der Waals surface area (Å²) >= 11 is 0. The maximum absolute atomic E-state index is 12.1. The van der Waals surface area contributed by atoms with E-state index in [1.54, 1.807) is 0 Å². The monoisotopic (exact) mass is 245 g/mol. The fraction of sp³-hybridized carbons (Fsp3) is 1.00. The fourth-order valence-electron chi connectivity index (χ4n) is 1.10.